The number of carbonyl (C=O) groups is 1. The molecule has 1 aromatic heterocycles. The summed E-state index contributed by atoms with van der Waals surface area (Å²) in [4.78, 5) is 15.8. The van der Waals surface area contributed by atoms with Gasteiger partial charge in [-0.2, -0.15) is 5.26 Å². The summed E-state index contributed by atoms with van der Waals surface area (Å²) in [6, 6.07) is 8.71. The van der Waals surface area contributed by atoms with Crippen LogP contribution in [0.25, 0.3) is 0 Å². The molecule has 0 aliphatic carbocycles. The van der Waals surface area contributed by atoms with E-state index in [2.05, 4.69) is 14.8 Å². The van der Waals surface area contributed by atoms with Crippen molar-refractivity contribution < 1.29 is 13.2 Å². The van der Waals surface area contributed by atoms with Crippen molar-refractivity contribution in [2.24, 2.45) is 0 Å². The van der Waals surface area contributed by atoms with Gasteiger partial charge in [-0.1, -0.05) is 24.3 Å². The molecule has 0 saturated carbocycles. The minimum Gasteiger partial charge on any atom is -0.292 e. The number of Topliss-reactive ketones (excluding diaryl/α,β-unsaturated/α-hetero) is 1. The summed E-state index contributed by atoms with van der Waals surface area (Å²) in [7, 11) is -3.19. The number of hydrogen-bond acceptors (Lipinski definition) is 6. The third kappa shape index (κ3) is 5.28. The molecule has 0 bridgehead atoms. The maximum absolute atomic E-state index is 12.1. The van der Waals surface area contributed by atoms with Crippen molar-refractivity contribution in [1.29, 1.82) is 5.26 Å². The van der Waals surface area contributed by atoms with Crippen molar-refractivity contribution in [2.75, 3.05) is 12.8 Å². The summed E-state index contributed by atoms with van der Waals surface area (Å²) >= 11 is 0. The molecule has 23 heavy (non-hydrogen) atoms. The third-order valence-electron chi connectivity index (χ3n) is 3.00. The number of rotatable bonds is 7. The van der Waals surface area contributed by atoms with E-state index in [4.69, 9.17) is 5.26 Å². The molecule has 1 aromatic carbocycles. The fourth-order valence-corrected chi connectivity index (χ4v) is 2.37. The second-order valence-corrected chi connectivity index (χ2v) is 6.75. The Labute approximate surface area is 133 Å². The summed E-state index contributed by atoms with van der Waals surface area (Å²) in [5.41, 5.74) is 1.43. The SMILES string of the molecule is CS(=O)(=O)NCCc1ccc(C(=O)Cn2cnc(C#N)n2)cc1. The second kappa shape index (κ2) is 7.13. The van der Waals surface area contributed by atoms with Crippen LogP contribution < -0.4 is 4.72 Å². The van der Waals surface area contributed by atoms with Crippen LogP contribution >= 0.6 is 0 Å². The Kier molecular flexibility index (Phi) is 5.20. The number of benzene rings is 1. The van der Waals surface area contributed by atoms with Crippen molar-refractivity contribution in [2.45, 2.75) is 13.0 Å². The van der Waals surface area contributed by atoms with Crippen LogP contribution in [0.2, 0.25) is 0 Å². The van der Waals surface area contributed by atoms with Gasteiger partial charge in [-0.05, 0) is 12.0 Å². The lowest BCUT2D eigenvalue weighted by Crippen LogP contribution is -2.24. The van der Waals surface area contributed by atoms with E-state index in [9.17, 15) is 13.2 Å². The molecule has 8 nitrogen and oxygen atoms in total. The van der Waals surface area contributed by atoms with Crippen molar-refractivity contribution in [3.63, 3.8) is 0 Å². The Balaban J connectivity index is 1.93. The van der Waals surface area contributed by atoms with Gasteiger partial charge < -0.3 is 0 Å². The van der Waals surface area contributed by atoms with Crippen LogP contribution in [0.1, 0.15) is 21.7 Å². The number of ketones is 1. The Morgan fingerprint density at radius 1 is 1.35 bits per heavy atom. The van der Waals surface area contributed by atoms with E-state index in [1.165, 1.54) is 11.0 Å². The Morgan fingerprint density at radius 3 is 2.61 bits per heavy atom. The van der Waals surface area contributed by atoms with E-state index in [1.54, 1.807) is 30.3 Å². The summed E-state index contributed by atoms with van der Waals surface area (Å²) < 4.78 is 25.7. The molecule has 0 atom stereocenters. The summed E-state index contributed by atoms with van der Waals surface area (Å²) in [5, 5.41) is 12.5. The highest BCUT2D eigenvalue weighted by Gasteiger charge is 2.09. The van der Waals surface area contributed by atoms with Crippen molar-refractivity contribution in [1.82, 2.24) is 19.5 Å². The zero-order chi connectivity index (χ0) is 16.9. The first-order chi connectivity index (χ1) is 10.9. The monoisotopic (exact) mass is 333 g/mol. The van der Waals surface area contributed by atoms with E-state index >= 15 is 0 Å². The highest BCUT2D eigenvalue weighted by molar-refractivity contribution is 7.88. The third-order valence-corrected chi connectivity index (χ3v) is 3.72. The molecule has 0 unspecified atom stereocenters. The van der Waals surface area contributed by atoms with Crippen LogP contribution in [0.4, 0.5) is 0 Å². The minimum atomic E-state index is -3.19. The second-order valence-electron chi connectivity index (χ2n) is 4.91. The van der Waals surface area contributed by atoms with Gasteiger partial charge in [0, 0.05) is 12.1 Å². The number of nitrogens with one attached hydrogen (secondary N) is 1. The predicted molar refractivity (Wildman–Crippen MR) is 82.1 cm³/mol. The summed E-state index contributed by atoms with van der Waals surface area (Å²) in [6.45, 7) is 0.311. The summed E-state index contributed by atoms with van der Waals surface area (Å²) in [6.07, 6.45) is 2.98. The maximum Gasteiger partial charge on any atom is 0.252 e. The smallest absolute Gasteiger partial charge is 0.252 e. The lowest BCUT2D eigenvalue weighted by Gasteiger charge is -2.05. The first kappa shape index (κ1) is 16.8. The number of nitrogens with zero attached hydrogens (tertiary/aromatic N) is 4. The molecule has 0 radical (unpaired) electrons. The van der Waals surface area contributed by atoms with Gasteiger partial charge in [0.2, 0.25) is 10.0 Å². The topological polar surface area (TPSA) is 118 Å². The van der Waals surface area contributed by atoms with E-state index < -0.39 is 10.0 Å². The van der Waals surface area contributed by atoms with Crippen LogP contribution in [0, 0.1) is 11.3 Å². The number of aromatic nitrogens is 3. The average molecular weight is 333 g/mol. The van der Waals surface area contributed by atoms with Crippen LogP contribution in [0.5, 0.6) is 0 Å². The molecule has 2 rings (SSSR count). The Hall–Kier alpha value is -2.57. The Bertz CT molecular complexity index is 834. The van der Waals surface area contributed by atoms with E-state index in [0.29, 0.717) is 18.5 Å². The standard InChI is InChI=1S/C14H15N5O3S/c1-23(21,22)17-7-6-11-2-4-12(5-3-11)13(20)9-19-10-16-14(8-15)18-19/h2-5,10,17H,6-7,9H2,1H3. The largest absolute Gasteiger partial charge is 0.292 e. The molecule has 9 heteroatoms. The van der Waals surface area contributed by atoms with Gasteiger partial charge in [0.1, 0.15) is 18.9 Å². The normalized spacial score (nSPS) is 11.1. The number of carbonyl (C=O) groups excluding carboxylic acids is 1. The van der Waals surface area contributed by atoms with Gasteiger partial charge >= 0.3 is 0 Å². The van der Waals surface area contributed by atoms with Crippen molar-refractivity contribution >= 4 is 15.8 Å². The minimum absolute atomic E-state index is 0.00363. The van der Waals surface area contributed by atoms with E-state index in [-0.39, 0.29) is 18.2 Å². The summed E-state index contributed by atoms with van der Waals surface area (Å²) in [5.74, 6) is -0.133. The predicted octanol–water partition coefficient (Wildman–Crippen LogP) is 0.124. The number of hydrogen-bond donors (Lipinski definition) is 1. The molecular weight excluding hydrogens is 318 g/mol. The first-order valence-corrected chi connectivity index (χ1v) is 8.63. The van der Waals surface area contributed by atoms with Gasteiger partial charge in [0.15, 0.2) is 5.78 Å². The lowest BCUT2D eigenvalue weighted by atomic mass is 10.1. The zero-order valence-electron chi connectivity index (χ0n) is 12.4. The van der Waals surface area contributed by atoms with Gasteiger partial charge in [0.05, 0.1) is 6.26 Å². The quantitative estimate of drug-likeness (QED) is 0.719. The number of nitriles is 1. The molecule has 1 heterocycles. The zero-order valence-corrected chi connectivity index (χ0v) is 13.2. The van der Waals surface area contributed by atoms with Crippen LogP contribution in [-0.2, 0) is 23.0 Å². The number of sulfonamides is 1. The van der Waals surface area contributed by atoms with E-state index in [0.717, 1.165) is 11.8 Å². The molecule has 0 aliphatic heterocycles. The maximum atomic E-state index is 12.1. The highest BCUT2D eigenvalue weighted by Crippen LogP contribution is 2.07. The molecule has 0 aliphatic rings. The molecule has 120 valence electrons. The Morgan fingerprint density at radius 2 is 2.04 bits per heavy atom. The molecule has 0 spiro atoms. The molecular formula is C14H15N5O3S. The van der Waals surface area contributed by atoms with Crippen LogP contribution in [0.15, 0.2) is 30.6 Å². The van der Waals surface area contributed by atoms with Gasteiger partial charge in [-0.3, -0.25) is 4.79 Å². The van der Waals surface area contributed by atoms with Gasteiger partial charge in [-0.15, -0.1) is 5.10 Å². The molecule has 0 saturated heterocycles. The highest BCUT2D eigenvalue weighted by atomic mass is 32.2. The average Bonchev–Trinajstić information content (AvgIpc) is 2.94. The molecule has 2 aromatic rings. The van der Waals surface area contributed by atoms with Crippen LogP contribution in [0.3, 0.4) is 0 Å². The van der Waals surface area contributed by atoms with Gasteiger partial charge in [0.25, 0.3) is 5.82 Å². The fraction of sp³-hybridized carbons (Fsp3) is 0.286. The van der Waals surface area contributed by atoms with Crippen molar-refractivity contribution in [3.8, 4) is 6.07 Å². The first-order valence-electron chi connectivity index (χ1n) is 6.74. The molecule has 0 amide bonds. The molecule has 1 N–H and O–H groups in total. The van der Waals surface area contributed by atoms with Crippen LogP contribution in [-0.4, -0.2) is 41.8 Å². The van der Waals surface area contributed by atoms with Crippen molar-refractivity contribution in [3.05, 3.63) is 47.5 Å². The molecule has 0 fully saturated rings. The van der Waals surface area contributed by atoms with E-state index in [1.807, 2.05) is 0 Å². The fourth-order valence-electron chi connectivity index (χ4n) is 1.90. The lowest BCUT2D eigenvalue weighted by molar-refractivity contribution is 0.0967. The van der Waals surface area contributed by atoms with Gasteiger partial charge in [-0.25, -0.2) is 22.8 Å².